The predicted octanol–water partition coefficient (Wildman–Crippen LogP) is 3.11. The molecule has 0 radical (unpaired) electrons. The number of carbonyl (C=O) groups is 1. The van der Waals surface area contributed by atoms with Gasteiger partial charge in [-0.3, -0.25) is 4.79 Å². The number of hydrogen-bond donors (Lipinski definition) is 0. The van der Waals surface area contributed by atoms with Crippen LogP contribution >= 0.6 is 0 Å². The molecule has 2 aromatic rings. The smallest absolute Gasteiger partial charge is 0.271 e. The molecular formula is C18H19NO3. The topological polar surface area (TPSA) is 38.8 Å². The summed E-state index contributed by atoms with van der Waals surface area (Å²) in [5.41, 5.74) is 3.12. The Balaban J connectivity index is 1.80. The summed E-state index contributed by atoms with van der Waals surface area (Å²) in [4.78, 5) is 14.3. The molecule has 1 aliphatic heterocycles. The Kier molecular flexibility index (Phi) is 3.75. The molecule has 0 saturated carbocycles. The minimum atomic E-state index is -0.624. The number of likely N-dealkylation sites (N-methyl/N-ethyl adjacent to an activating group) is 1. The van der Waals surface area contributed by atoms with Gasteiger partial charge in [-0.15, -0.1) is 0 Å². The summed E-state index contributed by atoms with van der Waals surface area (Å²) in [5.74, 6) is 1.18. The zero-order valence-electron chi connectivity index (χ0n) is 13.0. The summed E-state index contributed by atoms with van der Waals surface area (Å²) in [6.07, 6.45) is -0.624. The lowest BCUT2D eigenvalue weighted by atomic mass is 10.1. The molecule has 0 saturated heterocycles. The molecule has 1 unspecified atom stereocenters. The van der Waals surface area contributed by atoms with Gasteiger partial charge in [0.15, 0.2) is 11.5 Å². The average Bonchev–Trinajstić information content (AvgIpc) is 2.53. The first-order chi connectivity index (χ1) is 10.6. The molecule has 2 aromatic carbocycles. The van der Waals surface area contributed by atoms with Crippen LogP contribution in [0.3, 0.4) is 0 Å². The third-order valence-corrected chi connectivity index (χ3v) is 3.83. The molecule has 1 atom stereocenters. The summed E-state index contributed by atoms with van der Waals surface area (Å²) in [7, 11) is 1.77. The maximum atomic E-state index is 12.7. The average molecular weight is 297 g/mol. The van der Waals surface area contributed by atoms with Crippen LogP contribution in [0.1, 0.15) is 11.1 Å². The molecule has 4 heteroatoms. The van der Waals surface area contributed by atoms with Gasteiger partial charge in [0.1, 0.15) is 6.61 Å². The molecule has 114 valence electrons. The maximum Gasteiger partial charge on any atom is 0.271 e. The SMILES string of the molecule is Cc1ccc(N(C)C(=O)C2COc3ccccc3O2)c(C)c1. The van der Waals surface area contributed by atoms with Crippen molar-refractivity contribution in [2.24, 2.45) is 0 Å². The van der Waals surface area contributed by atoms with Crippen molar-refractivity contribution in [3.8, 4) is 11.5 Å². The zero-order valence-corrected chi connectivity index (χ0v) is 13.0. The van der Waals surface area contributed by atoms with Crippen LogP contribution in [-0.4, -0.2) is 25.7 Å². The van der Waals surface area contributed by atoms with E-state index in [-0.39, 0.29) is 12.5 Å². The molecule has 0 N–H and O–H groups in total. The van der Waals surface area contributed by atoms with Gasteiger partial charge >= 0.3 is 0 Å². The number of benzene rings is 2. The van der Waals surface area contributed by atoms with Crippen LogP contribution in [0, 0.1) is 13.8 Å². The van der Waals surface area contributed by atoms with Crippen molar-refractivity contribution in [1.29, 1.82) is 0 Å². The van der Waals surface area contributed by atoms with Crippen LogP contribution in [0.2, 0.25) is 0 Å². The second kappa shape index (κ2) is 5.72. The van der Waals surface area contributed by atoms with E-state index in [1.807, 2.05) is 50.2 Å². The van der Waals surface area contributed by atoms with E-state index in [1.165, 1.54) is 5.56 Å². The highest BCUT2D eigenvalue weighted by Gasteiger charge is 2.30. The van der Waals surface area contributed by atoms with Crippen molar-refractivity contribution in [3.63, 3.8) is 0 Å². The Bertz CT molecular complexity index is 711. The largest absolute Gasteiger partial charge is 0.485 e. The molecule has 0 bridgehead atoms. The van der Waals surface area contributed by atoms with Crippen molar-refractivity contribution >= 4 is 11.6 Å². The van der Waals surface area contributed by atoms with E-state index >= 15 is 0 Å². The van der Waals surface area contributed by atoms with E-state index < -0.39 is 6.10 Å². The Labute approximate surface area is 130 Å². The fourth-order valence-electron chi connectivity index (χ4n) is 2.66. The first-order valence-electron chi connectivity index (χ1n) is 7.29. The summed E-state index contributed by atoms with van der Waals surface area (Å²) in [6, 6.07) is 13.4. The predicted molar refractivity (Wildman–Crippen MR) is 85.7 cm³/mol. The number of carbonyl (C=O) groups excluding carboxylic acids is 1. The van der Waals surface area contributed by atoms with Gasteiger partial charge in [-0.2, -0.15) is 0 Å². The molecule has 0 spiro atoms. The summed E-state index contributed by atoms with van der Waals surface area (Å²) in [6.45, 7) is 4.26. The van der Waals surface area contributed by atoms with Crippen molar-refractivity contribution in [2.45, 2.75) is 20.0 Å². The highest BCUT2D eigenvalue weighted by atomic mass is 16.6. The van der Waals surface area contributed by atoms with Crippen molar-refractivity contribution in [1.82, 2.24) is 0 Å². The number of fused-ring (bicyclic) bond motifs is 1. The van der Waals surface area contributed by atoms with Gasteiger partial charge in [0.2, 0.25) is 6.10 Å². The van der Waals surface area contributed by atoms with E-state index in [1.54, 1.807) is 11.9 Å². The number of rotatable bonds is 2. The molecule has 0 fully saturated rings. The normalized spacial score (nSPS) is 16.2. The van der Waals surface area contributed by atoms with Crippen LogP contribution < -0.4 is 14.4 Å². The first-order valence-corrected chi connectivity index (χ1v) is 7.29. The second-order valence-corrected chi connectivity index (χ2v) is 5.55. The van der Waals surface area contributed by atoms with Gasteiger partial charge in [-0.25, -0.2) is 0 Å². The third kappa shape index (κ3) is 2.64. The highest BCUT2D eigenvalue weighted by molar-refractivity contribution is 5.97. The van der Waals surface area contributed by atoms with Crippen LogP contribution in [0.5, 0.6) is 11.5 Å². The van der Waals surface area contributed by atoms with Gasteiger partial charge in [-0.05, 0) is 37.6 Å². The van der Waals surface area contributed by atoms with E-state index in [0.29, 0.717) is 11.5 Å². The van der Waals surface area contributed by atoms with Crippen LogP contribution in [0.25, 0.3) is 0 Å². The lowest BCUT2D eigenvalue weighted by Crippen LogP contribution is -2.45. The van der Waals surface area contributed by atoms with Crippen LogP contribution in [-0.2, 0) is 4.79 Å². The third-order valence-electron chi connectivity index (χ3n) is 3.83. The van der Waals surface area contributed by atoms with Crippen molar-refractivity contribution < 1.29 is 14.3 Å². The summed E-state index contributed by atoms with van der Waals surface area (Å²) in [5, 5.41) is 0. The van der Waals surface area contributed by atoms with E-state index in [2.05, 4.69) is 6.07 Å². The quantitative estimate of drug-likeness (QED) is 0.855. The van der Waals surface area contributed by atoms with Crippen molar-refractivity contribution in [2.75, 3.05) is 18.6 Å². The van der Waals surface area contributed by atoms with Gasteiger partial charge in [0, 0.05) is 12.7 Å². The molecule has 4 nitrogen and oxygen atoms in total. The monoisotopic (exact) mass is 297 g/mol. The Morgan fingerprint density at radius 2 is 1.86 bits per heavy atom. The lowest BCUT2D eigenvalue weighted by molar-refractivity contribution is -0.127. The van der Waals surface area contributed by atoms with Gasteiger partial charge in [-0.1, -0.05) is 29.8 Å². The number of ether oxygens (including phenoxy) is 2. The Morgan fingerprint density at radius 3 is 2.59 bits per heavy atom. The highest BCUT2D eigenvalue weighted by Crippen LogP contribution is 2.31. The standard InChI is InChI=1S/C18H19NO3/c1-12-8-9-14(13(2)10-12)19(3)18(20)17-11-21-15-6-4-5-7-16(15)22-17/h4-10,17H,11H2,1-3H3. The zero-order chi connectivity index (χ0) is 15.7. The number of hydrogen-bond acceptors (Lipinski definition) is 3. The lowest BCUT2D eigenvalue weighted by Gasteiger charge is -2.29. The number of amides is 1. The summed E-state index contributed by atoms with van der Waals surface area (Å²) < 4.78 is 11.4. The molecular weight excluding hydrogens is 278 g/mol. The second-order valence-electron chi connectivity index (χ2n) is 5.55. The van der Waals surface area contributed by atoms with Gasteiger partial charge < -0.3 is 14.4 Å². The van der Waals surface area contributed by atoms with Crippen LogP contribution in [0.4, 0.5) is 5.69 Å². The minimum Gasteiger partial charge on any atom is -0.485 e. The molecule has 1 amide bonds. The fourth-order valence-corrected chi connectivity index (χ4v) is 2.66. The fraction of sp³-hybridized carbons (Fsp3) is 0.278. The van der Waals surface area contributed by atoms with E-state index in [4.69, 9.17) is 9.47 Å². The molecule has 0 aliphatic carbocycles. The molecule has 22 heavy (non-hydrogen) atoms. The molecule has 1 aliphatic rings. The Hall–Kier alpha value is -2.49. The number of aryl methyl sites for hydroxylation is 2. The van der Waals surface area contributed by atoms with Crippen LogP contribution in [0.15, 0.2) is 42.5 Å². The van der Waals surface area contributed by atoms with Gasteiger partial charge in [0.05, 0.1) is 0 Å². The number of para-hydroxylation sites is 2. The molecule has 1 heterocycles. The Morgan fingerprint density at radius 1 is 1.14 bits per heavy atom. The van der Waals surface area contributed by atoms with Gasteiger partial charge in [0.25, 0.3) is 5.91 Å². The number of anilines is 1. The number of nitrogens with zero attached hydrogens (tertiary/aromatic N) is 1. The van der Waals surface area contributed by atoms with E-state index in [9.17, 15) is 4.79 Å². The maximum absolute atomic E-state index is 12.7. The summed E-state index contributed by atoms with van der Waals surface area (Å²) >= 11 is 0. The molecule has 3 rings (SSSR count). The first kappa shape index (κ1) is 14.4. The minimum absolute atomic E-state index is 0.110. The van der Waals surface area contributed by atoms with Crippen molar-refractivity contribution in [3.05, 3.63) is 53.6 Å². The molecule has 0 aromatic heterocycles. The van der Waals surface area contributed by atoms with E-state index in [0.717, 1.165) is 11.3 Å².